The van der Waals surface area contributed by atoms with Crippen molar-refractivity contribution in [1.29, 1.82) is 0 Å². The number of nitrogens with one attached hydrogen (secondary N) is 1. The summed E-state index contributed by atoms with van der Waals surface area (Å²) in [6.07, 6.45) is 0.989. The van der Waals surface area contributed by atoms with Gasteiger partial charge in [-0.1, -0.05) is 12.1 Å². The first kappa shape index (κ1) is 13.1. The summed E-state index contributed by atoms with van der Waals surface area (Å²) in [5, 5.41) is 2.90. The summed E-state index contributed by atoms with van der Waals surface area (Å²) in [5.74, 6) is 3.03. The highest BCUT2D eigenvalue weighted by molar-refractivity contribution is 7.99. The van der Waals surface area contributed by atoms with Gasteiger partial charge in [-0.2, -0.15) is 11.8 Å². The van der Waals surface area contributed by atoms with Crippen LogP contribution in [0.15, 0.2) is 24.3 Å². The van der Waals surface area contributed by atoms with E-state index in [9.17, 15) is 4.79 Å². The Bertz CT molecular complexity index is 406. The van der Waals surface area contributed by atoms with Crippen LogP contribution in [0.2, 0.25) is 0 Å². The van der Waals surface area contributed by atoms with E-state index in [0.29, 0.717) is 24.6 Å². The van der Waals surface area contributed by atoms with E-state index in [1.807, 2.05) is 30.0 Å². The molecule has 1 saturated heterocycles. The van der Waals surface area contributed by atoms with E-state index in [2.05, 4.69) is 5.32 Å². The second-order valence-corrected chi connectivity index (χ2v) is 5.39. The van der Waals surface area contributed by atoms with Crippen molar-refractivity contribution in [3.8, 4) is 5.75 Å². The third-order valence-corrected chi connectivity index (χ3v) is 4.04. The topological polar surface area (TPSA) is 64.3 Å². The molecule has 0 spiro atoms. The highest BCUT2D eigenvalue weighted by Gasteiger charge is 2.22. The van der Waals surface area contributed by atoms with Crippen LogP contribution >= 0.6 is 11.8 Å². The standard InChI is InChI=1S/C13H18N2O2S/c14-11-3-1-2-4-12(11)17-7-6-15-13(16)10-5-8-18-9-10/h1-4,10H,5-9,14H2,(H,15,16). The first-order valence-corrected chi connectivity index (χ1v) is 7.25. The molecule has 18 heavy (non-hydrogen) atoms. The van der Waals surface area contributed by atoms with Crippen LogP contribution < -0.4 is 15.8 Å². The van der Waals surface area contributed by atoms with Gasteiger partial charge in [-0.05, 0) is 24.3 Å². The maximum absolute atomic E-state index is 11.7. The van der Waals surface area contributed by atoms with Crippen molar-refractivity contribution in [3.63, 3.8) is 0 Å². The van der Waals surface area contributed by atoms with Gasteiger partial charge >= 0.3 is 0 Å². The number of carbonyl (C=O) groups excluding carboxylic acids is 1. The Morgan fingerprint density at radius 3 is 3.06 bits per heavy atom. The van der Waals surface area contributed by atoms with E-state index in [4.69, 9.17) is 10.5 Å². The predicted octanol–water partition coefficient (Wildman–Crippen LogP) is 1.52. The minimum atomic E-state index is 0.143. The number of para-hydroxylation sites is 2. The molecular weight excluding hydrogens is 248 g/mol. The molecule has 5 heteroatoms. The fraction of sp³-hybridized carbons (Fsp3) is 0.462. The summed E-state index contributed by atoms with van der Waals surface area (Å²) >= 11 is 1.84. The van der Waals surface area contributed by atoms with E-state index < -0.39 is 0 Å². The normalized spacial score (nSPS) is 18.6. The van der Waals surface area contributed by atoms with Crippen LogP contribution in [-0.4, -0.2) is 30.6 Å². The number of thioether (sulfide) groups is 1. The van der Waals surface area contributed by atoms with E-state index in [1.165, 1.54) is 0 Å². The number of nitrogen functional groups attached to an aromatic ring is 1. The fourth-order valence-electron chi connectivity index (χ4n) is 1.83. The zero-order valence-electron chi connectivity index (χ0n) is 10.2. The monoisotopic (exact) mass is 266 g/mol. The van der Waals surface area contributed by atoms with Crippen LogP contribution in [0.4, 0.5) is 5.69 Å². The lowest BCUT2D eigenvalue weighted by atomic mass is 10.1. The SMILES string of the molecule is Nc1ccccc1OCCNC(=O)C1CCSC1. The summed E-state index contributed by atoms with van der Waals surface area (Å²) in [6.45, 7) is 0.966. The molecule has 4 nitrogen and oxygen atoms in total. The van der Waals surface area contributed by atoms with Crippen LogP contribution in [0, 0.1) is 5.92 Å². The number of ether oxygens (including phenoxy) is 1. The maximum atomic E-state index is 11.7. The molecular formula is C13H18N2O2S. The molecule has 0 saturated carbocycles. The summed E-state index contributed by atoms with van der Waals surface area (Å²) in [7, 11) is 0. The van der Waals surface area contributed by atoms with Crippen molar-refractivity contribution >= 4 is 23.4 Å². The summed E-state index contributed by atoms with van der Waals surface area (Å²) in [6, 6.07) is 7.36. The number of hydrogen-bond donors (Lipinski definition) is 2. The highest BCUT2D eigenvalue weighted by Crippen LogP contribution is 2.23. The Balaban J connectivity index is 1.67. The molecule has 1 aliphatic rings. The highest BCUT2D eigenvalue weighted by atomic mass is 32.2. The third kappa shape index (κ3) is 3.57. The van der Waals surface area contributed by atoms with Crippen molar-refractivity contribution < 1.29 is 9.53 Å². The largest absolute Gasteiger partial charge is 0.490 e. The van der Waals surface area contributed by atoms with Crippen LogP contribution in [0.1, 0.15) is 6.42 Å². The second-order valence-electron chi connectivity index (χ2n) is 4.24. The lowest BCUT2D eigenvalue weighted by Crippen LogP contribution is -2.33. The number of carbonyl (C=O) groups is 1. The first-order valence-electron chi connectivity index (χ1n) is 6.10. The minimum Gasteiger partial charge on any atom is -0.490 e. The van der Waals surface area contributed by atoms with Crippen LogP contribution in [0.3, 0.4) is 0 Å². The fourth-order valence-corrected chi connectivity index (χ4v) is 3.05. The van der Waals surface area contributed by atoms with Crippen LogP contribution in [0.25, 0.3) is 0 Å². The van der Waals surface area contributed by atoms with E-state index in [1.54, 1.807) is 6.07 Å². The molecule has 1 unspecified atom stereocenters. The van der Waals surface area contributed by atoms with Gasteiger partial charge in [-0.25, -0.2) is 0 Å². The van der Waals surface area contributed by atoms with Crippen LogP contribution in [-0.2, 0) is 4.79 Å². The van der Waals surface area contributed by atoms with Gasteiger partial charge in [0, 0.05) is 11.7 Å². The number of nitrogens with two attached hydrogens (primary N) is 1. The van der Waals surface area contributed by atoms with Gasteiger partial charge in [0.15, 0.2) is 0 Å². The summed E-state index contributed by atoms with van der Waals surface area (Å²) in [5.41, 5.74) is 6.37. The maximum Gasteiger partial charge on any atom is 0.224 e. The smallest absolute Gasteiger partial charge is 0.224 e. The quantitative estimate of drug-likeness (QED) is 0.626. The molecule has 1 aromatic carbocycles. The van der Waals surface area contributed by atoms with Crippen molar-refractivity contribution in [3.05, 3.63) is 24.3 Å². The molecule has 1 aliphatic heterocycles. The number of benzene rings is 1. The zero-order valence-corrected chi connectivity index (χ0v) is 11.0. The summed E-state index contributed by atoms with van der Waals surface area (Å²) < 4.78 is 5.50. The average molecular weight is 266 g/mol. The molecule has 1 amide bonds. The molecule has 3 N–H and O–H groups in total. The van der Waals surface area contributed by atoms with Gasteiger partial charge in [0.25, 0.3) is 0 Å². The van der Waals surface area contributed by atoms with E-state index in [-0.39, 0.29) is 11.8 Å². The number of rotatable bonds is 5. The molecule has 1 aromatic rings. The Labute approximate surface area is 111 Å². The van der Waals surface area contributed by atoms with Gasteiger partial charge in [0.2, 0.25) is 5.91 Å². The van der Waals surface area contributed by atoms with Crippen molar-refractivity contribution in [2.75, 3.05) is 30.4 Å². The molecule has 0 aromatic heterocycles. The Morgan fingerprint density at radius 2 is 2.33 bits per heavy atom. The molecule has 1 fully saturated rings. The average Bonchev–Trinajstić information content (AvgIpc) is 2.90. The Morgan fingerprint density at radius 1 is 1.50 bits per heavy atom. The Kier molecular flexibility index (Phi) is 4.75. The van der Waals surface area contributed by atoms with Gasteiger partial charge in [0.05, 0.1) is 12.2 Å². The first-order chi connectivity index (χ1) is 8.77. The van der Waals surface area contributed by atoms with Crippen molar-refractivity contribution in [2.24, 2.45) is 5.92 Å². The molecule has 0 bridgehead atoms. The number of amides is 1. The molecule has 2 rings (SSSR count). The number of hydrogen-bond acceptors (Lipinski definition) is 4. The van der Waals surface area contributed by atoms with Crippen molar-refractivity contribution in [1.82, 2.24) is 5.32 Å². The summed E-state index contributed by atoms with van der Waals surface area (Å²) in [4.78, 5) is 11.7. The minimum absolute atomic E-state index is 0.143. The van der Waals surface area contributed by atoms with Crippen molar-refractivity contribution in [2.45, 2.75) is 6.42 Å². The van der Waals surface area contributed by atoms with Crippen LogP contribution in [0.5, 0.6) is 5.75 Å². The number of anilines is 1. The lowest BCUT2D eigenvalue weighted by Gasteiger charge is -2.11. The molecule has 0 radical (unpaired) electrons. The zero-order chi connectivity index (χ0) is 12.8. The van der Waals surface area contributed by atoms with E-state index in [0.717, 1.165) is 17.9 Å². The Hall–Kier alpha value is -1.36. The molecule has 1 atom stereocenters. The lowest BCUT2D eigenvalue weighted by molar-refractivity contribution is -0.124. The van der Waals surface area contributed by atoms with E-state index >= 15 is 0 Å². The molecule has 98 valence electrons. The third-order valence-electron chi connectivity index (χ3n) is 2.88. The van der Waals surface area contributed by atoms with Gasteiger partial charge < -0.3 is 15.8 Å². The molecule has 0 aliphatic carbocycles. The van der Waals surface area contributed by atoms with Gasteiger partial charge in [0.1, 0.15) is 12.4 Å². The predicted molar refractivity (Wildman–Crippen MR) is 74.8 cm³/mol. The second kappa shape index (κ2) is 6.54. The molecule has 1 heterocycles. The van der Waals surface area contributed by atoms with Gasteiger partial charge in [-0.15, -0.1) is 0 Å². The van der Waals surface area contributed by atoms with Gasteiger partial charge in [-0.3, -0.25) is 4.79 Å².